The first-order valence-corrected chi connectivity index (χ1v) is 12.4. The highest BCUT2D eigenvalue weighted by Gasteiger charge is 2.64. The highest BCUT2D eigenvalue weighted by atomic mass is 16.6. The van der Waals surface area contributed by atoms with E-state index in [2.05, 4.69) is 13.8 Å². The summed E-state index contributed by atoms with van der Waals surface area (Å²) < 4.78 is 17.1. The molecule has 1 heterocycles. The fourth-order valence-corrected chi connectivity index (χ4v) is 6.62. The molecule has 34 heavy (non-hydrogen) atoms. The van der Waals surface area contributed by atoms with Crippen molar-refractivity contribution in [3.05, 3.63) is 23.8 Å². The molecule has 0 aromatic carbocycles. The maximum atomic E-state index is 12.6. The number of hydrogen-bond acceptors (Lipinski definition) is 7. The average molecular weight is 475 g/mol. The highest BCUT2D eigenvalue weighted by molar-refractivity contribution is 5.87. The molecule has 1 aliphatic heterocycles. The molecule has 2 saturated carbocycles. The predicted octanol–water partition coefficient (Wildman–Crippen LogP) is 4.34. The lowest BCUT2D eigenvalue weighted by molar-refractivity contribution is -0.222. The Labute approximate surface area is 202 Å². The SMILES string of the molecule is C/C=C(\C)C(=O)OC[C@]12C(C=O)CCC[C@@H]1[C@@](C)(CCC1C=CC(=O)O1)[C@H](C)C[C@@H]2OC(C)=O. The fourth-order valence-electron chi connectivity index (χ4n) is 6.62. The van der Waals surface area contributed by atoms with Crippen LogP contribution in [0.3, 0.4) is 0 Å². The van der Waals surface area contributed by atoms with Crippen molar-refractivity contribution in [1.29, 1.82) is 0 Å². The molecule has 7 heteroatoms. The predicted molar refractivity (Wildman–Crippen MR) is 125 cm³/mol. The minimum atomic E-state index is -0.793. The van der Waals surface area contributed by atoms with Crippen LogP contribution in [0.2, 0.25) is 0 Å². The van der Waals surface area contributed by atoms with Crippen LogP contribution < -0.4 is 0 Å². The van der Waals surface area contributed by atoms with Gasteiger partial charge in [0.25, 0.3) is 0 Å². The van der Waals surface area contributed by atoms with E-state index in [1.807, 2.05) is 0 Å². The van der Waals surface area contributed by atoms with Gasteiger partial charge in [0.1, 0.15) is 25.1 Å². The number of cyclic esters (lactones) is 1. The van der Waals surface area contributed by atoms with Crippen molar-refractivity contribution in [1.82, 2.24) is 0 Å². The summed E-state index contributed by atoms with van der Waals surface area (Å²) in [6, 6.07) is 0. The number of aldehydes is 1. The maximum Gasteiger partial charge on any atom is 0.333 e. The highest BCUT2D eigenvalue weighted by Crippen LogP contribution is 2.64. The zero-order valence-electron chi connectivity index (χ0n) is 21.0. The van der Waals surface area contributed by atoms with Crippen LogP contribution in [-0.4, -0.2) is 43.0 Å². The summed E-state index contributed by atoms with van der Waals surface area (Å²) in [4.78, 5) is 48.7. The number of esters is 3. The van der Waals surface area contributed by atoms with Crippen LogP contribution in [0, 0.1) is 28.6 Å². The number of hydrogen-bond donors (Lipinski definition) is 0. The van der Waals surface area contributed by atoms with Crippen molar-refractivity contribution in [2.75, 3.05) is 6.61 Å². The molecule has 0 aromatic heterocycles. The Morgan fingerprint density at radius 3 is 2.59 bits per heavy atom. The smallest absolute Gasteiger partial charge is 0.333 e. The zero-order valence-corrected chi connectivity index (χ0v) is 21.0. The Bertz CT molecular complexity index is 874. The van der Waals surface area contributed by atoms with E-state index in [0.717, 1.165) is 25.5 Å². The topological polar surface area (TPSA) is 96.0 Å². The Morgan fingerprint density at radius 1 is 1.26 bits per heavy atom. The number of allylic oxidation sites excluding steroid dienone is 1. The van der Waals surface area contributed by atoms with Crippen LogP contribution in [0.25, 0.3) is 0 Å². The van der Waals surface area contributed by atoms with Crippen molar-refractivity contribution < 1.29 is 33.4 Å². The summed E-state index contributed by atoms with van der Waals surface area (Å²) in [6.45, 7) is 9.28. The Kier molecular flexibility index (Phi) is 8.04. The summed E-state index contributed by atoms with van der Waals surface area (Å²) in [7, 11) is 0. The summed E-state index contributed by atoms with van der Waals surface area (Å²) in [6.07, 6.45) is 9.60. The lowest BCUT2D eigenvalue weighted by atomic mass is 9.43. The summed E-state index contributed by atoms with van der Waals surface area (Å²) in [5, 5.41) is 0. The van der Waals surface area contributed by atoms with E-state index >= 15 is 0 Å². The van der Waals surface area contributed by atoms with E-state index in [1.165, 1.54) is 13.0 Å². The molecule has 7 atom stereocenters. The van der Waals surface area contributed by atoms with Gasteiger partial charge in [0.15, 0.2) is 0 Å². The van der Waals surface area contributed by atoms with E-state index in [4.69, 9.17) is 14.2 Å². The van der Waals surface area contributed by atoms with Crippen LogP contribution in [0.5, 0.6) is 0 Å². The lowest BCUT2D eigenvalue weighted by Crippen LogP contribution is -2.64. The number of fused-ring (bicyclic) bond motifs is 1. The van der Waals surface area contributed by atoms with Gasteiger partial charge in [-0.1, -0.05) is 26.3 Å². The normalized spacial score (nSPS) is 37.5. The second-order valence-electron chi connectivity index (χ2n) is 10.5. The van der Waals surface area contributed by atoms with Gasteiger partial charge >= 0.3 is 17.9 Å². The monoisotopic (exact) mass is 474 g/mol. The van der Waals surface area contributed by atoms with Crippen molar-refractivity contribution in [3.8, 4) is 0 Å². The molecule has 0 aromatic rings. The molecule has 2 fully saturated rings. The Balaban J connectivity index is 2.00. The molecule has 3 aliphatic rings. The standard InChI is InChI=1S/C27H38O7/c1-6-17(2)25(31)32-16-27-20(15-28)8-7-9-22(27)26(5,13-12-21-10-11-24(30)34-21)18(3)14-23(27)33-19(4)29/h6,10-11,15,18,20-23H,7-9,12-14,16H2,1-5H3/b17-6+/t18-,20?,21?,22-,23+,26+,27+/m1/s1. The molecule has 188 valence electrons. The molecule has 0 spiro atoms. The van der Waals surface area contributed by atoms with Gasteiger partial charge in [0.05, 0.1) is 5.41 Å². The van der Waals surface area contributed by atoms with Gasteiger partial charge in [-0.3, -0.25) is 4.79 Å². The van der Waals surface area contributed by atoms with Crippen molar-refractivity contribution >= 4 is 24.2 Å². The van der Waals surface area contributed by atoms with Gasteiger partial charge in [0.2, 0.25) is 0 Å². The van der Waals surface area contributed by atoms with Crippen LogP contribution in [0.1, 0.15) is 73.1 Å². The molecule has 0 saturated heterocycles. The van der Waals surface area contributed by atoms with E-state index in [0.29, 0.717) is 24.8 Å². The lowest BCUT2D eigenvalue weighted by Gasteiger charge is -2.62. The van der Waals surface area contributed by atoms with Crippen LogP contribution in [0.4, 0.5) is 0 Å². The first-order valence-electron chi connectivity index (χ1n) is 12.4. The van der Waals surface area contributed by atoms with E-state index in [9.17, 15) is 19.2 Å². The molecular weight excluding hydrogens is 436 g/mol. The van der Waals surface area contributed by atoms with Gasteiger partial charge < -0.3 is 19.0 Å². The molecule has 0 bridgehead atoms. The van der Waals surface area contributed by atoms with Crippen LogP contribution in [-0.2, 0) is 33.4 Å². The molecule has 2 unspecified atom stereocenters. The van der Waals surface area contributed by atoms with Gasteiger partial charge in [-0.2, -0.15) is 0 Å². The first kappa shape index (κ1) is 26.2. The summed E-state index contributed by atoms with van der Waals surface area (Å²) in [5.74, 6) is -1.33. The minimum Gasteiger partial charge on any atom is -0.462 e. The summed E-state index contributed by atoms with van der Waals surface area (Å²) >= 11 is 0. The van der Waals surface area contributed by atoms with Gasteiger partial charge in [-0.05, 0) is 69.3 Å². The van der Waals surface area contributed by atoms with E-state index in [1.54, 1.807) is 26.0 Å². The van der Waals surface area contributed by atoms with Gasteiger partial charge in [-0.25, -0.2) is 9.59 Å². The number of ether oxygens (including phenoxy) is 3. The van der Waals surface area contributed by atoms with Gasteiger partial charge in [0, 0.05) is 24.5 Å². The molecule has 7 nitrogen and oxygen atoms in total. The van der Waals surface area contributed by atoms with Crippen molar-refractivity contribution in [2.45, 2.75) is 85.4 Å². The second-order valence-corrected chi connectivity index (χ2v) is 10.5. The van der Waals surface area contributed by atoms with Gasteiger partial charge in [-0.15, -0.1) is 0 Å². The Morgan fingerprint density at radius 2 is 2.00 bits per heavy atom. The first-order chi connectivity index (χ1) is 16.1. The third kappa shape index (κ3) is 4.84. The van der Waals surface area contributed by atoms with Crippen LogP contribution >= 0.6 is 0 Å². The molecule has 0 radical (unpaired) electrons. The molecule has 0 amide bonds. The zero-order chi connectivity index (χ0) is 25.1. The minimum absolute atomic E-state index is 0.00292. The third-order valence-corrected chi connectivity index (χ3v) is 8.80. The maximum absolute atomic E-state index is 12.6. The molecule has 0 N–H and O–H groups in total. The summed E-state index contributed by atoms with van der Waals surface area (Å²) in [5.41, 5.74) is -0.514. The van der Waals surface area contributed by atoms with Crippen LogP contribution in [0.15, 0.2) is 23.8 Å². The molecule has 3 rings (SSSR count). The quantitative estimate of drug-likeness (QED) is 0.223. The molecule has 2 aliphatic carbocycles. The van der Waals surface area contributed by atoms with Crippen molar-refractivity contribution in [2.24, 2.45) is 28.6 Å². The Hall–Kier alpha value is -2.44. The number of carbonyl (C=O) groups is 4. The number of rotatable bonds is 8. The van der Waals surface area contributed by atoms with Crippen molar-refractivity contribution in [3.63, 3.8) is 0 Å². The van der Waals surface area contributed by atoms with E-state index < -0.39 is 23.5 Å². The second kappa shape index (κ2) is 10.4. The number of carbonyl (C=O) groups excluding carboxylic acids is 4. The fraction of sp³-hybridized carbons (Fsp3) is 0.704. The molecular formula is C27H38O7. The largest absolute Gasteiger partial charge is 0.462 e. The average Bonchev–Trinajstić information content (AvgIpc) is 3.23. The third-order valence-electron chi connectivity index (χ3n) is 8.80. The van der Waals surface area contributed by atoms with E-state index in [-0.39, 0.29) is 41.8 Å².